The van der Waals surface area contributed by atoms with E-state index in [0.29, 0.717) is 11.8 Å². The van der Waals surface area contributed by atoms with E-state index in [4.69, 9.17) is 24.4 Å². The second-order valence-corrected chi connectivity index (χ2v) is 10.8. The molecular formula is C38H23N5O. The van der Waals surface area contributed by atoms with Crippen LogP contribution in [0, 0.1) is 0 Å². The van der Waals surface area contributed by atoms with Gasteiger partial charge in [-0.25, -0.2) is 19.9 Å². The van der Waals surface area contributed by atoms with Crippen molar-refractivity contribution in [2.45, 2.75) is 0 Å². The Morgan fingerprint density at radius 1 is 0.500 bits per heavy atom. The van der Waals surface area contributed by atoms with Crippen molar-refractivity contribution < 1.29 is 4.42 Å². The lowest BCUT2D eigenvalue weighted by Gasteiger charge is -2.10. The lowest BCUT2D eigenvalue weighted by Crippen LogP contribution is -2.02. The van der Waals surface area contributed by atoms with Crippen LogP contribution in [0.5, 0.6) is 0 Å². The van der Waals surface area contributed by atoms with Crippen LogP contribution in [0.15, 0.2) is 144 Å². The smallest absolute Gasteiger partial charge is 0.234 e. The zero-order chi connectivity index (χ0) is 29.0. The summed E-state index contributed by atoms with van der Waals surface area (Å²) in [5.74, 6) is 1.22. The molecule has 0 fully saturated rings. The van der Waals surface area contributed by atoms with Crippen LogP contribution in [0.3, 0.4) is 0 Å². The summed E-state index contributed by atoms with van der Waals surface area (Å²) in [6.07, 6.45) is 3.68. The minimum Gasteiger partial charge on any atom is -0.454 e. The predicted molar refractivity (Wildman–Crippen MR) is 176 cm³/mol. The number of aromatic nitrogens is 5. The third-order valence-corrected chi connectivity index (χ3v) is 8.14. The fourth-order valence-electron chi connectivity index (χ4n) is 6.08. The van der Waals surface area contributed by atoms with E-state index < -0.39 is 0 Å². The van der Waals surface area contributed by atoms with Crippen LogP contribution >= 0.6 is 0 Å². The van der Waals surface area contributed by atoms with E-state index in [-0.39, 0.29) is 0 Å². The van der Waals surface area contributed by atoms with E-state index in [0.717, 1.165) is 71.8 Å². The summed E-state index contributed by atoms with van der Waals surface area (Å²) in [6.45, 7) is 0. The summed E-state index contributed by atoms with van der Waals surface area (Å²) in [4.78, 5) is 19.7. The van der Waals surface area contributed by atoms with Gasteiger partial charge in [-0.2, -0.15) is 0 Å². The highest BCUT2D eigenvalue weighted by atomic mass is 16.3. The standard InChI is InChI=1S/C38H23N5O/c1-3-11-24(12-4-1)31-21-32(42-37(41-31)25-13-5-2-6-14-25)26-22-39-38(40-23-26)43-33-17-9-7-15-27(33)29-19-20-30-28-16-8-10-18-34(28)44-36(30)35(29)43/h1-23H. The van der Waals surface area contributed by atoms with Gasteiger partial charge < -0.3 is 4.42 Å². The fraction of sp³-hybridized carbons (Fsp3) is 0. The van der Waals surface area contributed by atoms with Crippen molar-refractivity contribution in [3.05, 3.63) is 140 Å². The molecule has 0 unspecified atom stereocenters. The normalized spacial score (nSPS) is 11.6. The van der Waals surface area contributed by atoms with Crippen molar-refractivity contribution in [1.29, 1.82) is 0 Å². The summed E-state index contributed by atoms with van der Waals surface area (Å²) in [5.41, 5.74) is 8.02. The molecule has 6 heteroatoms. The van der Waals surface area contributed by atoms with Gasteiger partial charge in [0, 0.05) is 50.6 Å². The molecule has 6 nitrogen and oxygen atoms in total. The van der Waals surface area contributed by atoms with Gasteiger partial charge in [-0.05, 0) is 24.3 Å². The Morgan fingerprint density at radius 2 is 1.11 bits per heavy atom. The Kier molecular flexibility index (Phi) is 5.40. The lowest BCUT2D eigenvalue weighted by atomic mass is 10.1. The quantitative estimate of drug-likeness (QED) is 0.213. The number of furan rings is 1. The molecule has 0 aliphatic rings. The van der Waals surface area contributed by atoms with Crippen LogP contribution in [0.2, 0.25) is 0 Å². The Balaban J connectivity index is 1.24. The molecule has 0 atom stereocenters. The van der Waals surface area contributed by atoms with Gasteiger partial charge in [0.15, 0.2) is 11.4 Å². The number of hydrogen-bond acceptors (Lipinski definition) is 5. The molecule has 9 aromatic rings. The van der Waals surface area contributed by atoms with Crippen LogP contribution in [0.4, 0.5) is 0 Å². The first-order chi connectivity index (χ1) is 21.8. The average molecular weight is 566 g/mol. The molecule has 0 bridgehead atoms. The zero-order valence-corrected chi connectivity index (χ0v) is 23.4. The van der Waals surface area contributed by atoms with Gasteiger partial charge in [0.1, 0.15) is 11.1 Å². The number of para-hydroxylation sites is 2. The number of nitrogens with zero attached hydrogens (tertiary/aromatic N) is 5. The molecule has 5 aromatic carbocycles. The van der Waals surface area contributed by atoms with Gasteiger partial charge in [-0.3, -0.25) is 4.57 Å². The topological polar surface area (TPSA) is 69.6 Å². The molecule has 4 aromatic heterocycles. The number of rotatable bonds is 4. The minimum absolute atomic E-state index is 0.563. The molecule has 206 valence electrons. The van der Waals surface area contributed by atoms with Crippen LogP contribution in [-0.2, 0) is 0 Å². The Morgan fingerprint density at radius 3 is 1.89 bits per heavy atom. The van der Waals surface area contributed by atoms with E-state index in [1.165, 1.54) is 0 Å². The molecule has 9 rings (SSSR count). The molecule has 0 aliphatic heterocycles. The van der Waals surface area contributed by atoms with Crippen molar-refractivity contribution in [2.24, 2.45) is 0 Å². The van der Waals surface area contributed by atoms with E-state index in [1.807, 2.05) is 91.3 Å². The second-order valence-electron chi connectivity index (χ2n) is 10.8. The maximum atomic E-state index is 6.47. The SMILES string of the molecule is c1ccc(-c2cc(-c3cnc(-n4c5ccccc5c5ccc6c7ccccc7oc6c54)nc3)nc(-c3ccccc3)n2)cc1. The molecular weight excluding hydrogens is 542 g/mol. The van der Waals surface area contributed by atoms with E-state index in [2.05, 4.69) is 53.1 Å². The van der Waals surface area contributed by atoms with Gasteiger partial charge in [-0.1, -0.05) is 103 Å². The van der Waals surface area contributed by atoms with Gasteiger partial charge in [0.25, 0.3) is 0 Å². The molecule has 0 amide bonds. The molecule has 0 N–H and O–H groups in total. The maximum Gasteiger partial charge on any atom is 0.234 e. The molecule has 0 spiro atoms. The zero-order valence-electron chi connectivity index (χ0n) is 23.4. The van der Waals surface area contributed by atoms with E-state index in [1.54, 1.807) is 0 Å². The highest BCUT2D eigenvalue weighted by Crippen LogP contribution is 2.39. The molecule has 4 heterocycles. The van der Waals surface area contributed by atoms with Crippen LogP contribution < -0.4 is 0 Å². The van der Waals surface area contributed by atoms with Crippen LogP contribution in [0.1, 0.15) is 0 Å². The van der Waals surface area contributed by atoms with Gasteiger partial charge >= 0.3 is 0 Å². The molecule has 44 heavy (non-hydrogen) atoms. The van der Waals surface area contributed by atoms with Crippen LogP contribution in [-0.4, -0.2) is 24.5 Å². The summed E-state index contributed by atoms with van der Waals surface area (Å²) in [6, 6.07) is 43.0. The number of benzene rings is 5. The summed E-state index contributed by atoms with van der Waals surface area (Å²) >= 11 is 0. The molecule has 0 aliphatic carbocycles. The minimum atomic E-state index is 0.563. The van der Waals surface area contributed by atoms with Crippen molar-refractivity contribution in [3.8, 4) is 39.9 Å². The highest BCUT2D eigenvalue weighted by molar-refractivity contribution is 6.21. The number of hydrogen-bond donors (Lipinski definition) is 0. The first kappa shape index (κ1) is 24.5. The molecule has 0 saturated carbocycles. The third-order valence-electron chi connectivity index (χ3n) is 8.14. The second kappa shape index (κ2) is 9.71. The van der Waals surface area contributed by atoms with Gasteiger partial charge in [0.2, 0.25) is 5.95 Å². The molecule has 0 radical (unpaired) electrons. The van der Waals surface area contributed by atoms with Gasteiger partial charge in [-0.15, -0.1) is 0 Å². The molecule has 0 saturated heterocycles. The Labute approximate surface area is 251 Å². The maximum absolute atomic E-state index is 6.47. The lowest BCUT2D eigenvalue weighted by molar-refractivity contribution is 0.670. The summed E-state index contributed by atoms with van der Waals surface area (Å²) in [5, 5.41) is 4.37. The largest absolute Gasteiger partial charge is 0.454 e. The highest BCUT2D eigenvalue weighted by Gasteiger charge is 2.20. The van der Waals surface area contributed by atoms with Crippen LogP contribution in [0.25, 0.3) is 83.6 Å². The monoisotopic (exact) mass is 565 g/mol. The Hall–Kier alpha value is -6.14. The fourth-order valence-corrected chi connectivity index (χ4v) is 6.08. The first-order valence-electron chi connectivity index (χ1n) is 14.5. The van der Waals surface area contributed by atoms with E-state index in [9.17, 15) is 0 Å². The first-order valence-corrected chi connectivity index (χ1v) is 14.5. The Bertz CT molecular complexity index is 2420. The third kappa shape index (κ3) is 3.82. The summed E-state index contributed by atoms with van der Waals surface area (Å²) in [7, 11) is 0. The summed E-state index contributed by atoms with van der Waals surface area (Å²) < 4.78 is 8.57. The predicted octanol–water partition coefficient (Wildman–Crippen LogP) is 9.26. The van der Waals surface area contributed by atoms with Gasteiger partial charge in [0.05, 0.1) is 16.9 Å². The van der Waals surface area contributed by atoms with Crippen molar-refractivity contribution in [1.82, 2.24) is 24.5 Å². The van der Waals surface area contributed by atoms with Crippen molar-refractivity contribution in [3.63, 3.8) is 0 Å². The number of fused-ring (bicyclic) bond motifs is 7. The average Bonchev–Trinajstić information content (AvgIpc) is 3.65. The van der Waals surface area contributed by atoms with Crippen molar-refractivity contribution >= 4 is 43.7 Å². The van der Waals surface area contributed by atoms with E-state index >= 15 is 0 Å². The van der Waals surface area contributed by atoms with Crippen molar-refractivity contribution in [2.75, 3.05) is 0 Å².